The number of para-hydroxylation sites is 1. The van der Waals surface area contributed by atoms with Gasteiger partial charge in [-0.05, 0) is 68.2 Å². The minimum absolute atomic E-state index is 0.796. The Bertz CT molecular complexity index is 1290. The number of hydrogen-bond donors (Lipinski definition) is 1. The third-order valence-corrected chi connectivity index (χ3v) is 8.18. The van der Waals surface area contributed by atoms with E-state index >= 15 is 0 Å². The number of aromatic amines is 1. The van der Waals surface area contributed by atoms with Crippen molar-refractivity contribution in [2.45, 2.75) is 32.4 Å². The van der Waals surface area contributed by atoms with Crippen LogP contribution in [0.2, 0.25) is 0 Å². The molecule has 0 atom stereocenters. The van der Waals surface area contributed by atoms with Crippen molar-refractivity contribution in [3.05, 3.63) is 77.9 Å². The summed E-state index contributed by atoms with van der Waals surface area (Å²) in [5.41, 5.74) is 8.36. The SMILES string of the molecule is Cc1cccc2[nH]c(-c3ccc(-c4ccc(CN5CCN(C6CCN(C)CC6)CC5)cc4)cc3)nc12. The maximum absolute atomic E-state index is 4.82. The molecular formula is C31H37N5. The summed E-state index contributed by atoms with van der Waals surface area (Å²) in [6.07, 6.45) is 2.66. The molecule has 3 heterocycles. The first-order valence-electron chi connectivity index (χ1n) is 13.4. The number of aromatic nitrogens is 2. The van der Waals surface area contributed by atoms with Gasteiger partial charge in [-0.15, -0.1) is 0 Å². The smallest absolute Gasteiger partial charge is 0.138 e. The van der Waals surface area contributed by atoms with E-state index in [1.54, 1.807) is 0 Å². The minimum Gasteiger partial charge on any atom is -0.338 e. The van der Waals surface area contributed by atoms with Crippen LogP contribution in [0.25, 0.3) is 33.5 Å². The second-order valence-corrected chi connectivity index (χ2v) is 10.7. The predicted molar refractivity (Wildman–Crippen MR) is 149 cm³/mol. The number of aryl methyl sites for hydroxylation is 1. The van der Waals surface area contributed by atoms with E-state index < -0.39 is 0 Å². The number of H-pyrrole nitrogens is 1. The van der Waals surface area contributed by atoms with E-state index in [-0.39, 0.29) is 0 Å². The second-order valence-electron chi connectivity index (χ2n) is 10.7. The number of fused-ring (bicyclic) bond motifs is 1. The monoisotopic (exact) mass is 479 g/mol. The highest BCUT2D eigenvalue weighted by atomic mass is 15.3. The van der Waals surface area contributed by atoms with E-state index in [4.69, 9.17) is 4.98 Å². The van der Waals surface area contributed by atoms with Crippen LogP contribution in [0.1, 0.15) is 24.0 Å². The molecule has 2 fully saturated rings. The van der Waals surface area contributed by atoms with Crippen molar-refractivity contribution in [3.8, 4) is 22.5 Å². The molecule has 5 nitrogen and oxygen atoms in total. The lowest BCUT2D eigenvalue weighted by Crippen LogP contribution is -2.52. The minimum atomic E-state index is 0.796. The summed E-state index contributed by atoms with van der Waals surface area (Å²) in [5.74, 6) is 0.928. The number of nitrogens with zero attached hydrogens (tertiary/aromatic N) is 4. The quantitative estimate of drug-likeness (QED) is 0.415. The van der Waals surface area contributed by atoms with Gasteiger partial charge >= 0.3 is 0 Å². The maximum atomic E-state index is 4.82. The molecule has 2 aliphatic rings. The summed E-state index contributed by atoms with van der Waals surface area (Å²) in [7, 11) is 2.25. The largest absolute Gasteiger partial charge is 0.338 e. The molecule has 6 rings (SSSR count). The Kier molecular flexibility index (Phi) is 6.61. The Morgan fingerprint density at radius 2 is 1.42 bits per heavy atom. The molecule has 1 aromatic heterocycles. The van der Waals surface area contributed by atoms with Gasteiger partial charge in [-0.25, -0.2) is 4.98 Å². The molecule has 0 spiro atoms. The highest BCUT2D eigenvalue weighted by Crippen LogP contribution is 2.27. The topological polar surface area (TPSA) is 38.4 Å². The fourth-order valence-electron chi connectivity index (χ4n) is 5.84. The zero-order chi connectivity index (χ0) is 24.5. The first kappa shape index (κ1) is 23.4. The van der Waals surface area contributed by atoms with Crippen LogP contribution in [0.15, 0.2) is 66.7 Å². The normalized spacial score (nSPS) is 18.7. The standard InChI is InChI=1S/C31H37N5/c1-23-4-3-5-29-30(23)33-31(32-29)27-12-10-26(11-13-27)25-8-6-24(7-9-25)22-35-18-20-36(21-19-35)28-14-16-34(2)17-15-28/h3-13,28H,14-22H2,1-2H3,(H,32,33). The molecule has 0 aliphatic carbocycles. The number of piperazine rings is 1. The van der Waals surface area contributed by atoms with Gasteiger partial charge < -0.3 is 9.88 Å². The van der Waals surface area contributed by atoms with Crippen LogP contribution in [0, 0.1) is 6.92 Å². The van der Waals surface area contributed by atoms with Crippen LogP contribution in [0.5, 0.6) is 0 Å². The van der Waals surface area contributed by atoms with Crippen molar-refractivity contribution in [1.29, 1.82) is 0 Å². The van der Waals surface area contributed by atoms with Gasteiger partial charge in [0.1, 0.15) is 5.82 Å². The summed E-state index contributed by atoms with van der Waals surface area (Å²) >= 11 is 0. The van der Waals surface area contributed by atoms with Crippen LogP contribution in [-0.2, 0) is 6.54 Å². The van der Waals surface area contributed by atoms with Gasteiger partial charge in [0, 0.05) is 44.3 Å². The lowest BCUT2D eigenvalue weighted by atomic mass is 10.0. The number of benzene rings is 3. The lowest BCUT2D eigenvalue weighted by molar-refractivity contribution is 0.0618. The molecule has 2 saturated heterocycles. The predicted octanol–water partition coefficient (Wildman–Crippen LogP) is 5.42. The summed E-state index contributed by atoms with van der Waals surface area (Å²) in [6, 6.07) is 24.9. The van der Waals surface area contributed by atoms with Crippen molar-refractivity contribution in [1.82, 2.24) is 24.7 Å². The van der Waals surface area contributed by atoms with Crippen molar-refractivity contribution in [3.63, 3.8) is 0 Å². The first-order valence-corrected chi connectivity index (χ1v) is 13.4. The molecule has 3 aromatic carbocycles. The molecule has 0 radical (unpaired) electrons. The van der Waals surface area contributed by atoms with Gasteiger partial charge in [-0.1, -0.05) is 60.7 Å². The van der Waals surface area contributed by atoms with Gasteiger partial charge in [0.05, 0.1) is 11.0 Å². The second kappa shape index (κ2) is 10.2. The van der Waals surface area contributed by atoms with Crippen molar-refractivity contribution in [2.75, 3.05) is 46.3 Å². The van der Waals surface area contributed by atoms with Crippen LogP contribution in [0.4, 0.5) is 0 Å². The van der Waals surface area contributed by atoms with E-state index in [9.17, 15) is 0 Å². The summed E-state index contributed by atoms with van der Waals surface area (Å²) in [4.78, 5) is 16.1. The molecule has 186 valence electrons. The van der Waals surface area contributed by atoms with Crippen molar-refractivity contribution < 1.29 is 0 Å². The van der Waals surface area contributed by atoms with Crippen molar-refractivity contribution in [2.24, 2.45) is 0 Å². The van der Waals surface area contributed by atoms with Gasteiger partial charge in [-0.3, -0.25) is 9.80 Å². The molecule has 0 saturated carbocycles. The number of piperidine rings is 1. The Balaban J connectivity index is 1.06. The Labute approximate surface area is 214 Å². The van der Waals surface area contributed by atoms with Crippen LogP contribution in [0.3, 0.4) is 0 Å². The number of rotatable bonds is 5. The fourth-order valence-corrected chi connectivity index (χ4v) is 5.84. The molecule has 5 heteroatoms. The van der Waals surface area contributed by atoms with Crippen molar-refractivity contribution >= 4 is 11.0 Å². The lowest BCUT2D eigenvalue weighted by Gasteiger charge is -2.42. The van der Waals surface area contributed by atoms with Crippen LogP contribution < -0.4 is 0 Å². The zero-order valence-corrected chi connectivity index (χ0v) is 21.6. The summed E-state index contributed by atoms with van der Waals surface area (Å²) in [5, 5.41) is 0. The number of nitrogens with one attached hydrogen (secondary N) is 1. The molecule has 0 unspecified atom stereocenters. The number of likely N-dealkylation sites (tertiary alicyclic amines) is 1. The van der Waals surface area contributed by atoms with E-state index in [1.165, 1.54) is 74.4 Å². The van der Waals surface area contributed by atoms with E-state index in [1.807, 2.05) is 0 Å². The molecule has 2 aliphatic heterocycles. The molecule has 0 amide bonds. The number of imidazole rings is 1. The van der Waals surface area contributed by atoms with E-state index in [0.717, 1.165) is 35.0 Å². The maximum Gasteiger partial charge on any atom is 0.138 e. The molecule has 0 bridgehead atoms. The Morgan fingerprint density at radius 3 is 2.08 bits per heavy atom. The average Bonchev–Trinajstić information content (AvgIpc) is 3.36. The average molecular weight is 480 g/mol. The number of hydrogen-bond acceptors (Lipinski definition) is 4. The van der Waals surface area contributed by atoms with Crippen LogP contribution >= 0.6 is 0 Å². The third kappa shape index (κ3) is 4.96. The zero-order valence-electron chi connectivity index (χ0n) is 21.6. The van der Waals surface area contributed by atoms with Gasteiger partial charge in [0.2, 0.25) is 0 Å². The molecule has 1 N–H and O–H groups in total. The molecular weight excluding hydrogens is 442 g/mol. The van der Waals surface area contributed by atoms with Gasteiger partial charge in [0.15, 0.2) is 0 Å². The van der Waals surface area contributed by atoms with E-state index in [2.05, 4.69) is 100 Å². The first-order chi connectivity index (χ1) is 17.6. The highest BCUT2D eigenvalue weighted by Gasteiger charge is 2.26. The summed E-state index contributed by atoms with van der Waals surface area (Å²) < 4.78 is 0. The summed E-state index contributed by atoms with van der Waals surface area (Å²) in [6.45, 7) is 10.4. The van der Waals surface area contributed by atoms with Crippen LogP contribution in [-0.4, -0.2) is 77.0 Å². The molecule has 4 aromatic rings. The van der Waals surface area contributed by atoms with E-state index in [0.29, 0.717) is 0 Å². The highest BCUT2D eigenvalue weighted by molar-refractivity contribution is 5.82. The van der Waals surface area contributed by atoms with Gasteiger partial charge in [-0.2, -0.15) is 0 Å². The Hall–Kier alpha value is -2.99. The molecule has 36 heavy (non-hydrogen) atoms. The fraction of sp³-hybridized carbons (Fsp3) is 0.387. The van der Waals surface area contributed by atoms with Gasteiger partial charge in [0.25, 0.3) is 0 Å². The third-order valence-electron chi connectivity index (χ3n) is 8.18. The Morgan fingerprint density at radius 1 is 0.778 bits per heavy atom.